The van der Waals surface area contributed by atoms with E-state index in [1.165, 1.54) is 0 Å². The molecule has 0 aliphatic rings. The standard InChI is InChI=1S/C11H5BrCl2N4/c12-8-2-1-7(3-9(8)13)18-10-6(5-16-18)4-15-11(14)17-10/h1-5H. The Labute approximate surface area is 121 Å². The minimum Gasteiger partial charge on any atom is -0.226 e. The summed E-state index contributed by atoms with van der Waals surface area (Å²) >= 11 is 15.2. The molecule has 0 aliphatic carbocycles. The maximum Gasteiger partial charge on any atom is 0.224 e. The maximum atomic E-state index is 6.07. The van der Waals surface area contributed by atoms with Crippen LogP contribution in [-0.4, -0.2) is 19.7 Å². The summed E-state index contributed by atoms with van der Waals surface area (Å²) in [5, 5.41) is 5.87. The van der Waals surface area contributed by atoms with Gasteiger partial charge in [-0.15, -0.1) is 0 Å². The van der Waals surface area contributed by atoms with E-state index in [1.54, 1.807) is 23.1 Å². The topological polar surface area (TPSA) is 43.6 Å². The molecular weight excluding hydrogens is 339 g/mol. The molecule has 90 valence electrons. The first-order valence-corrected chi connectivity index (χ1v) is 6.52. The highest BCUT2D eigenvalue weighted by Gasteiger charge is 2.09. The molecular formula is C11H5BrCl2N4. The average Bonchev–Trinajstić information content (AvgIpc) is 2.75. The van der Waals surface area contributed by atoms with Gasteiger partial charge in [-0.2, -0.15) is 10.1 Å². The molecule has 0 radical (unpaired) electrons. The monoisotopic (exact) mass is 342 g/mol. The first-order chi connectivity index (χ1) is 8.65. The van der Waals surface area contributed by atoms with Gasteiger partial charge >= 0.3 is 0 Å². The first-order valence-electron chi connectivity index (χ1n) is 4.97. The summed E-state index contributed by atoms with van der Waals surface area (Å²) in [6, 6.07) is 5.54. The van der Waals surface area contributed by atoms with Gasteiger partial charge in [-0.25, -0.2) is 9.67 Å². The number of fused-ring (bicyclic) bond motifs is 1. The van der Waals surface area contributed by atoms with Crippen molar-refractivity contribution in [2.75, 3.05) is 0 Å². The van der Waals surface area contributed by atoms with E-state index in [9.17, 15) is 0 Å². The van der Waals surface area contributed by atoms with Gasteiger partial charge < -0.3 is 0 Å². The van der Waals surface area contributed by atoms with Crippen molar-refractivity contribution in [3.63, 3.8) is 0 Å². The van der Waals surface area contributed by atoms with Crippen molar-refractivity contribution >= 4 is 50.2 Å². The molecule has 0 atom stereocenters. The molecule has 0 spiro atoms. The third-order valence-electron chi connectivity index (χ3n) is 2.43. The van der Waals surface area contributed by atoms with Crippen molar-refractivity contribution in [2.45, 2.75) is 0 Å². The van der Waals surface area contributed by atoms with Crippen LogP contribution in [0, 0.1) is 0 Å². The molecule has 0 fully saturated rings. The van der Waals surface area contributed by atoms with Gasteiger partial charge in [0.1, 0.15) is 0 Å². The molecule has 3 aromatic rings. The Hall–Kier alpha value is -1.17. The van der Waals surface area contributed by atoms with Gasteiger partial charge in [0.15, 0.2) is 5.65 Å². The molecule has 1 aromatic carbocycles. The van der Waals surface area contributed by atoms with Gasteiger partial charge in [0, 0.05) is 10.7 Å². The SMILES string of the molecule is Clc1ncc2cnn(-c3ccc(Br)c(Cl)c3)c2n1. The fraction of sp³-hybridized carbons (Fsp3) is 0. The summed E-state index contributed by atoms with van der Waals surface area (Å²) in [4.78, 5) is 8.08. The molecule has 18 heavy (non-hydrogen) atoms. The number of hydrogen-bond acceptors (Lipinski definition) is 3. The van der Waals surface area contributed by atoms with Crippen LogP contribution in [0.2, 0.25) is 10.3 Å². The Morgan fingerprint density at radius 3 is 2.78 bits per heavy atom. The number of rotatable bonds is 1. The minimum atomic E-state index is 0.187. The Bertz CT molecular complexity index is 741. The van der Waals surface area contributed by atoms with Gasteiger partial charge in [-0.05, 0) is 45.7 Å². The van der Waals surface area contributed by atoms with Crippen molar-refractivity contribution in [3.8, 4) is 5.69 Å². The van der Waals surface area contributed by atoms with Crippen molar-refractivity contribution in [1.82, 2.24) is 19.7 Å². The summed E-state index contributed by atoms with van der Waals surface area (Å²) in [7, 11) is 0. The highest BCUT2D eigenvalue weighted by atomic mass is 79.9. The van der Waals surface area contributed by atoms with Crippen LogP contribution in [0.25, 0.3) is 16.7 Å². The summed E-state index contributed by atoms with van der Waals surface area (Å²) in [5.74, 6) is 0. The van der Waals surface area contributed by atoms with E-state index < -0.39 is 0 Å². The molecule has 7 heteroatoms. The van der Waals surface area contributed by atoms with Gasteiger partial charge in [-0.3, -0.25) is 0 Å². The van der Waals surface area contributed by atoms with E-state index in [0.717, 1.165) is 15.5 Å². The van der Waals surface area contributed by atoms with Crippen molar-refractivity contribution < 1.29 is 0 Å². The number of benzene rings is 1. The molecule has 0 aliphatic heterocycles. The van der Waals surface area contributed by atoms with E-state index in [4.69, 9.17) is 23.2 Å². The normalized spacial score (nSPS) is 11.1. The molecule has 4 nitrogen and oxygen atoms in total. The largest absolute Gasteiger partial charge is 0.226 e. The molecule has 3 rings (SSSR count). The fourth-order valence-electron chi connectivity index (χ4n) is 1.60. The molecule has 0 amide bonds. The van der Waals surface area contributed by atoms with E-state index in [-0.39, 0.29) is 5.28 Å². The van der Waals surface area contributed by atoms with Crippen molar-refractivity contribution in [3.05, 3.63) is 45.4 Å². The molecule has 2 heterocycles. The van der Waals surface area contributed by atoms with E-state index >= 15 is 0 Å². The van der Waals surface area contributed by atoms with Crippen LogP contribution in [0.1, 0.15) is 0 Å². The number of aromatic nitrogens is 4. The van der Waals surface area contributed by atoms with Gasteiger partial charge in [-0.1, -0.05) is 11.6 Å². The Morgan fingerprint density at radius 1 is 1.17 bits per heavy atom. The summed E-state index contributed by atoms with van der Waals surface area (Å²) in [5.41, 5.74) is 1.46. The number of hydrogen-bond donors (Lipinski definition) is 0. The second kappa shape index (κ2) is 4.50. The molecule has 2 aromatic heterocycles. The van der Waals surface area contributed by atoms with Crippen LogP contribution in [0.3, 0.4) is 0 Å². The highest BCUT2D eigenvalue weighted by Crippen LogP contribution is 2.26. The lowest BCUT2D eigenvalue weighted by atomic mass is 10.3. The second-order valence-electron chi connectivity index (χ2n) is 3.57. The summed E-state index contributed by atoms with van der Waals surface area (Å²) in [6.45, 7) is 0. The molecule has 0 saturated heterocycles. The summed E-state index contributed by atoms with van der Waals surface area (Å²) in [6.07, 6.45) is 3.32. The van der Waals surface area contributed by atoms with Crippen LogP contribution in [0.15, 0.2) is 35.1 Å². The van der Waals surface area contributed by atoms with E-state index in [2.05, 4.69) is 31.0 Å². The van der Waals surface area contributed by atoms with Crippen LogP contribution in [0.5, 0.6) is 0 Å². The quantitative estimate of drug-likeness (QED) is 0.630. The zero-order valence-electron chi connectivity index (χ0n) is 8.81. The predicted octanol–water partition coefficient (Wildman–Crippen LogP) is 3.88. The van der Waals surface area contributed by atoms with E-state index in [1.807, 2.05) is 12.1 Å². The maximum absolute atomic E-state index is 6.07. The average molecular weight is 344 g/mol. The predicted molar refractivity (Wildman–Crippen MR) is 74.4 cm³/mol. The van der Waals surface area contributed by atoms with Gasteiger partial charge in [0.2, 0.25) is 5.28 Å². The Morgan fingerprint density at radius 2 is 2.00 bits per heavy atom. The molecule has 0 N–H and O–H groups in total. The smallest absolute Gasteiger partial charge is 0.224 e. The van der Waals surface area contributed by atoms with E-state index in [0.29, 0.717) is 10.7 Å². The minimum absolute atomic E-state index is 0.187. The van der Waals surface area contributed by atoms with Crippen LogP contribution >= 0.6 is 39.1 Å². The van der Waals surface area contributed by atoms with Crippen LogP contribution < -0.4 is 0 Å². The van der Waals surface area contributed by atoms with Crippen molar-refractivity contribution in [1.29, 1.82) is 0 Å². The van der Waals surface area contributed by atoms with Gasteiger partial charge in [0.25, 0.3) is 0 Å². The number of nitrogens with zero attached hydrogens (tertiary/aromatic N) is 4. The first kappa shape index (κ1) is 11.9. The Balaban J connectivity index is 2.24. The Kier molecular flexibility index (Phi) is 2.97. The molecule has 0 bridgehead atoms. The highest BCUT2D eigenvalue weighted by molar-refractivity contribution is 9.10. The molecule has 0 unspecified atom stereocenters. The second-order valence-corrected chi connectivity index (χ2v) is 5.17. The lowest BCUT2D eigenvalue weighted by Crippen LogP contribution is -1.98. The lowest BCUT2D eigenvalue weighted by molar-refractivity contribution is 0.895. The fourth-order valence-corrected chi connectivity index (χ4v) is 2.15. The third kappa shape index (κ3) is 1.98. The van der Waals surface area contributed by atoms with Crippen LogP contribution in [0.4, 0.5) is 0 Å². The third-order valence-corrected chi connectivity index (χ3v) is 3.84. The zero-order valence-corrected chi connectivity index (χ0v) is 11.9. The van der Waals surface area contributed by atoms with Crippen molar-refractivity contribution in [2.24, 2.45) is 0 Å². The lowest BCUT2D eigenvalue weighted by Gasteiger charge is -2.04. The van der Waals surface area contributed by atoms with Gasteiger partial charge in [0.05, 0.1) is 22.3 Å². The van der Waals surface area contributed by atoms with Crippen LogP contribution in [-0.2, 0) is 0 Å². The number of halogens is 3. The summed E-state index contributed by atoms with van der Waals surface area (Å²) < 4.78 is 2.50. The molecule has 0 saturated carbocycles. The zero-order chi connectivity index (χ0) is 12.7.